The largest absolute Gasteiger partial charge is 0.384 e. The molecule has 30 heavy (non-hydrogen) atoms. The summed E-state index contributed by atoms with van der Waals surface area (Å²) in [6.07, 6.45) is 2.38. The van der Waals surface area contributed by atoms with Crippen molar-refractivity contribution in [3.63, 3.8) is 0 Å². The number of pyridine rings is 1. The van der Waals surface area contributed by atoms with Gasteiger partial charge in [-0.1, -0.05) is 58.7 Å². The highest BCUT2D eigenvalue weighted by Gasteiger charge is 2.37. The highest BCUT2D eigenvalue weighted by molar-refractivity contribution is 6.34. The molecule has 1 N–H and O–H groups in total. The van der Waals surface area contributed by atoms with Gasteiger partial charge in [0, 0.05) is 34.8 Å². The number of halogens is 3. The van der Waals surface area contributed by atoms with Crippen molar-refractivity contribution in [2.45, 2.75) is 31.0 Å². The van der Waals surface area contributed by atoms with Gasteiger partial charge < -0.3 is 4.84 Å². The summed E-state index contributed by atoms with van der Waals surface area (Å²) in [7, 11) is 0. The molecule has 2 atom stereocenters. The topological polar surface area (TPSA) is 46.5 Å². The summed E-state index contributed by atoms with van der Waals surface area (Å²) >= 11 is 18.8. The number of rotatable bonds is 6. The Hall–Kier alpha value is -2.11. The molecule has 1 aliphatic rings. The zero-order chi connectivity index (χ0) is 21.1. The van der Waals surface area contributed by atoms with Gasteiger partial charge in [0.1, 0.15) is 5.50 Å². The molecule has 4 rings (SSSR count). The molecule has 3 aromatic rings. The molecule has 2 aromatic carbocycles. The van der Waals surface area contributed by atoms with E-state index in [-0.39, 0.29) is 5.50 Å². The minimum absolute atomic E-state index is 0.318. The molecule has 0 saturated carbocycles. The van der Waals surface area contributed by atoms with Crippen LogP contribution in [0.2, 0.25) is 10.0 Å². The maximum Gasteiger partial charge on any atom is 0.165 e. The van der Waals surface area contributed by atoms with Gasteiger partial charge in [0.15, 0.2) is 5.60 Å². The second kappa shape index (κ2) is 8.94. The molecule has 1 aliphatic heterocycles. The predicted octanol–water partition coefficient (Wildman–Crippen LogP) is 6.46. The van der Waals surface area contributed by atoms with Crippen LogP contribution in [0.4, 0.5) is 0 Å². The molecule has 7 heteroatoms. The molecule has 4 nitrogen and oxygen atoms in total. The van der Waals surface area contributed by atoms with Crippen LogP contribution >= 0.6 is 34.8 Å². The molecule has 0 saturated heterocycles. The van der Waals surface area contributed by atoms with Crippen molar-refractivity contribution in [3.05, 3.63) is 99.3 Å². The lowest BCUT2D eigenvalue weighted by Gasteiger charge is -2.22. The van der Waals surface area contributed by atoms with E-state index in [1.54, 1.807) is 12.3 Å². The first-order valence-electron chi connectivity index (χ1n) is 9.52. The predicted molar refractivity (Wildman–Crippen MR) is 122 cm³/mol. The van der Waals surface area contributed by atoms with Crippen molar-refractivity contribution in [1.29, 1.82) is 0 Å². The normalized spacial score (nSPS) is 19.3. The van der Waals surface area contributed by atoms with Gasteiger partial charge in [-0.05, 0) is 48.4 Å². The summed E-state index contributed by atoms with van der Waals surface area (Å²) < 4.78 is 0. The van der Waals surface area contributed by atoms with Crippen LogP contribution in [0.25, 0.3) is 0 Å². The number of aromatic nitrogens is 1. The first kappa shape index (κ1) is 21.1. The van der Waals surface area contributed by atoms with Crippen LogP contribution in [0.5, 0.6) is 0 Å². The second-order valence-electron chi connectivity index (χ2n) is 7.38. The van der Waals surface area contributed by atoms with Crippen LogP contribution < -0.4 is 5.32 Å². The summed E-state index contributed by atoms with van der Waals surface area (Å²) in [6.45, 7) is 2.58. The Labute approximate surface area is 190 Å². The van der Waals surface area contributed by atoms with Gasteiger partial charge in [0.25, 0.3) is 0 Å². The summed E-state index contributed by atoms with van der Waals surface area (Å²) in [6, 6.07) is 19.2. The third-order valence-electron chi connectivity index (χ3n) is 5.06. The van der Waals surface area contributed by atoms with Crippen molar-refractivity contribution in [3.8, 4) is 0 Å². The lowest BCUT2D eigenvalue weighted by molar-refractivity contribution is -0.00737. The van der Waals surface area contributed by atoms with Crippen molar-refractivity contribution in [1.82, 2.24) is 10.3 Å². The van der Waals surface area contributed by atoms with E-state index in [0.29, 0.717) is 23.0 Å². The van der Waals surface area contributed by atoms with Crippen molar-refractivity contribution in [2.75, 3.05) is 0 Å². The zero-order valence-electron chi connectivity index (χ0n) is 16.3. The molecule has 154 valence electrons. The first-order valence-corrected chi connectivity index (χ1v) is 10.7. The Kier molecular flexibility index (Phi) is 6.30. The van der Waals surface area contributed by atoms with Gasteiger partial charge in [-0.2, -0.15) is 0 Å². The molecule has 0 fully saturated rings. The molecular formula is C23H20Cl3N3O. The fourth-order valence-corrected chi connectivity index (χ4v) is 4.12. The smallest absolute Gasteiger partial charge is 0.165 e. The van der Waals surface area contributed by atoms with E-state index in [1.807, 2.05) is 61.5 Å². The minimum atomic E-state index is -0.609. The van der Waals surface area contributed by atoms with Gasteiger partial charge in [-0.3, -0.25) is 10.3 Å². The van der Waals surface area contributed by atoms with E-state index < -0.39 is 5.60 Å². The highest BCUT2D eigenvalue weighted by atomic mass is 35.5. The summed E-state index contributed by atoms with van der Waals surface area (Å²) in [5.74, 6) is 0. The lowest BCUT2D eigenvalue weighted by atomic mass is 9.89. The molecule has 0 spiro atoms. The van der Waals surface area contributed by atoms with Crippen LogP contribution in [0.3, 0.4) is 0 Å². The summed E-state index contributed by atoms with van der Waals surface area (Å²) in [4.78, 5) is 10.1. The average molecular weight is 461 g/mol. The number of nitrogens with zero attached hydrogens (tertiary/aromatic N) is 2. The van der Waals surface area contributed by atoms with Crippen molar-refractivity contribution < 1.29 is 4.84 Å². The molecule has 0 aliphatic carbocycles. The number of oxime groups is 1. The monoisotopic (exact) mass is 459 g/mol. The summed E-state index contributed by atoms with van der Waals surface area (Å²) in [5.41, 5.74) is 3.74. The third-order valence-corrected chi connectivity index (χ3v) is 5.90. The Morgan fingerprint density at radius 2 is 1.80 bits per heavy atom. The van der Waals surface area contributed by atoms with E-state index in [4.69, 9.17) is 39.6 Å². The van der Waals surface area contributed by atoms with E-state index >= 15 is 0 Å². The molecule has 0 amide bonds. The van der Waals surface area contributed by atoms with Crippen LogP contribution in [0.15, 0.2) is 72.0 Å². The van der Waals surface area contributed by atoms with Gasteiger partial charge in [0.2, 0.25) is 0 Å². The van der Waals surface area contributed by atoms with Gasteiger partial charge in [0.05, 0.1) is 11.4 Å². The number of alkyl halides is 1. The quantitative estimate of drug-likeness (QED) is 0.339. The van der Waals surface area contributed by atoms with Crippen LogP contribution in [0, 0.1) is 0 Å². The number of hydrogen-bond acceptors (Lipinski definition) is 4. The Bertz CT molecular complexity index is 1040. The van der Waals surface area contributed by atoms with Crippen LogP contribution in [-0.2, 0) is 17.0 Å². The SMILES string of the molecule is CC1(c2cc(Cl)cc(Cl)c2)CC(c2ccc(C(Cl)NCc3ccccn3)cc2)=NO1. The molecule has 2 unspecified atom stereocenters. The molecular weight excluding hydrogens is 441 g/mol. The number of benzene rings is 2. The van der Waals surface area contributed by atoms with E-state index in [2.05, 4.69) is 15.5 Å². The Morgan fingerprint density at radius 3 is 2.47 bits per heavy atom. The summed E-state index contributed by atoms with van der Waals surface area (Å²) in [5, 5.41) is 8.74. The minimum Gasteiger partial charge on any atom is -0.384 e. The molecule has 1 aromatic heterocycles. The lowest BCUT2D eigenvalue weighted by Crippen LogP contribution is -2.22. The van der Waals surface area contributed by atoms with Gasteiger partial charge in [-0.25, -0.2) is 0 Å². The molecule has 0 bridgehead atoms. The van der Waals surface area contributed by atoms with E-state index in [9.17, 15) is 0 Å². The highest BCUT2D eigenvalue weighted by Crippen LogP contribution is 2.38. The Morgan fingerprint density at radius 1 is 1.07 bits per heavy atom. The van der Waals surface area contributed by atoms with E-state index in [0.717, 1.165) is 28.1 Å². The molecule has 2 heterocycles. The first-order chi connectivity index (χ1) is 14.4. The van der Waals surface area contributed by atoms with Crippen LogP contribution in [-0.4, -0.2) is 10.7 Å². The van der Waals surface area contributed by atoms with Crippen LogP contribution in [0.1, 0.15) is 41.2 Å². The number of hydrogen-bond donors (Lipinski definition) is 1. The molecule has 0 radical (unpaired) electrons. The average Bonchev–Trinajstić information content (AvgIpc) is 3.16. The van der Waals surface area contributed by atoms with Gasteiger partial charge >= 0.3 is 0 Å². The van der Waals surface area contributed by atoms with Crippen molar-refractivity contribution in [2.24, 2.45) is 5.16 Å². The van der Waals surface area contributed by atoms with Crippen molar-refractivity contribution >= 4 is 40.5 Å². The fourth-order valence-electron chi connectivity index (χ4n) is 3.37. The van der Waals surface area contributed by atoms with Gasteiger partial charge in [-0.15, -0.1) is 11.6 Å². The fraction of sp³-hybridized carbons (Fsp3) is 0.217. The second-order valence-corrected chi connectivity index (χ2v) is 8.69. The third kappa shape index (κ3) is 4.79. The number of nitrogens with one attached hydrogen (secondary N) is 1. The maximum atomic E-state index is 6.50. The zero-order valence-corrected chi connectivity index (χ0v) is 18.5. The standard InChI is InChI=1S/C23H20Cl3N3O/c1-23(17-10-18(24)12-19(25)11-17)13-21(29-30-23)15-5-7-16(8-6-15)22(26)28-14-20-4-2-3-9-27-20/h2-12,22,28H,13-14H2,1H3. The van der Waals surface area contributed by atoms with E-state index in [1.165, 1.54) is 0 Å². The Balaban J connectivity index is 1.42. The maximum absolute atomic E-state index is 6.50.